The summed E-state index contributed by atoms with van der Waals surface area (Å²) in [5, 5.41) is 11.1. The summed E-state index contributed by atoms with van der Waals surface area (Å²) in [4.78, 5) is 26.1. The van der Waals surface area contributed by atoms with Gasteiger partial charge in [-0.3, -0.25) is 4.90 Å². The summed E-state index contributed by atoms with van der Waals surface area (Å²) in [6.45, 7) is 5.96. The first-order valence-electron chi connectivity index (χ1n) is 10.3. The van der Waals surface area contributed by atoms with Crippen LogP contribution in [0.25, 0.3) is 11.0 Å². The van der Waals surface area contributed by atoms with Crippen LogP contribution in [0.4, 0.5) is 10.5 Å². The average Bonchev–Trinajstić information content (AvgIpc) is 3.15. The lowest BCUT2D eigenvalue weighted by molar-refractivity contribution is 0.116. The summed E-state index contributed by atoms with van der Waals surface area (Å²) in [7, 11) is 1.42. The highest BCUT2D eigenvalue weighted by Gasteiger charge is 2.25. The number of aromatic amines is 1. The number of imidazole rings is 1. The molecule has 0 aliphatic carbocycles. The number of nitrogens with one attached hydrogen (secondary N) is 1. The zero-order valence-corrected chi connectivity index (χ0v) is 21.2. The predicted molar refractivity (Wildman–Crippen MR) is 134 cm³/mol. The number of thioether (sulfide) groups is 1. The van der Waals surface area contributed by atoms with Crippen LogP contribution in [0.2, 0.25) is 5.02 Å². The van der Waals surface area contributed by atoms with E-state index in [1.807, 2.05) is 6.07 Å². The molecule has 4 rings (SSSR count). The van der Waals surface area contributed by atoms with Crippen molar-refractivity contribution in [1.82, 2.24) is 19.8 Å². The van der Waals surface area contributed by atoms with Crippen molar-refractivity contribution in [2.45, 2.75) is 23.2 Å². The van der Waals surface area contributed by atoms with Crippen molar-refractivity contribution < 1.29 is 14.6 Å². The topological polar surface area (TPSA) is 84.9 Å². The van der Waals surface area contributed by atoms with Gasteiger partial charge < -0.3 is 24.6 Å². The summed E-state index contributed by atoms with van der Waals surface area (Å²) < 4.78 is 4.80. The molecule has 1 aromatic heterocycles. The van der Waals surface area contributed by atoms with E-state index in [0.717, 1.165) is 67.4 Å². The van der Waals surface area contributed by atoms with Crippen molar-refractivity contribution >= 4 is 71.0 Å². The number of ether oxygens (including phenoxy) is 1. The predicted octanol–water partition coefficient (Wildman–Crippen LogP) is 3.50. The molecule has 0 bridgehead atoms. The number of aliphatic hydroxyl groups is 1. The number of H-pyrrole nitrogens is 1. The van der Waals surface area contributed by atoms with Crippen LogP contribution < -0.4 is 4.90 Å². The van der Waals surface area contributed by atoms with Crippen LogP contribution in [-0.4, -0.2) is 95.7 Å². The summed E-state index contributed by atoms with van der Waals surface area (Å²) in [6.07, 6.45) is 1.59. The van der Waals surface area contributed by atoms with E-state index in [1.165, 1.54) is 7.11 Å². The van der Waals surface area contributed by atoms with Gasteiger partial charge in [0.25, 0.3) is 0 Å². The average molecular weight is 527 g/mol. The van der Waals surface area contributed by atoms with E-state index in [1.54, 1.807) is 16.7 Å². The fraction of sp³-hybridized carbons (Fsp3) is 0.600. The lowest BCUT2D eigenvalue weighted by Crippen LogP contribution is -2.47. The van der Waals surface area contributed by atoms with Gasteiger partial charge in [0.1, 0.15) is 0 Å². The molecular weight excluding hydrogens is 497 g/mol. The molecule has 2 saturated heterocycles. The maximum atomic E-state index is 11.6. The van der Waals surface area contributed by atoms with E-state index in [4.69, 9.17) is 26.4 Å². The number of hydrogen-bond donors (Lipinski definition) is 2. The molecule has 3 heterocycles. The molecule has 32 heavy (non-hydrogen) atoms. The number of aliphatic hydroxyl groups excluding tert-OH is 1. The molecule has 2 N–H and O–H groups in total. The van der Waals surface area contributed by atoms with Gasteiger partial charge in [0.15, 0.2) is 5.16 Å². The van der Waals surface area contributed by atoms with Crippen molar-refractivity contribution in [3.8, 4) is 0 Å². The van der Waals surface area contributed by atoms with E-state index >= 15 is 0 Å². The lowest BCUT2D eigenvalue weighted by Gasteiger charge is -2.36. The Labute approximate surface area is 209 Å². The Kier molecular flexibility index (Phi) is 10.5. The minimum atomic E-state index is -0.249. The number of fused-ring (bicyclic) bond motifs is 1. The maximum absolute atomic E-state index is 11.6. The Hall–Kier alpha value is -1.10. The summed E-state index contributed by atoms with van der Waals surface area (Å²) in [6, 6.07) is 4.03. The molecular formula is C20H30Cl3N5O3S. The van der Waals surface area contributed by atoms with Crippen LogP contribution >= 0.6 is 48.2 Å². The minimum absolute atomic E-state index is 0. The normalized spacial score (nSPS) is 17.7. The first kappa shape index (κ1) is 27.1. The quantitative estimate of drug-likeness (QED) is 0.617. The van der Waals surface area contributed by atoms with E-state index in [2.05, 4.69) is 20.9 Å². The van der Waals surface area contributed by atoms with Crippen LogP contribution in [0.3, 0.4) is 0 Å². The Morgan fingerprint density at radius 2 is 1.91 bits per heavy atom. The number of amides is 1. The number of anilines is 1. The number of carbonyl (C=O) groups is 1. The molecule has 0 radical (unpaired) electrons. The third-order valence-corrected chi connectivity index (χ3v) is 7.34. The van der Waals surface area contributed by atoms with Gasteiger partial charge in [0.2, 0.25) is 0 Å². The summed E-state index contributed by atoms with van der Waals surface area (Å²) >= 11 is 8.32. The van der Waals surface area contributed by atoms with Crippen molar-refractivity contribution in [3.05, 3.63) is 17.2 Å². The molecule has 2 aromatic rings. The standard InChI is InChI=1S/C20H28ClN5O3S.2ClH/c1-29-20(28)26-4-2-14(3-5-26)30-19-22-16-12-15(21)18(13-17(16)23-19)25-8-6-24(7-9-25)10-11-27;;/h12-14,27H,2-11H2,1H3,(H,22,23);2*1H. The third-order valence-electron chi connectivity index (χ3n) is 5.81. The number of nitrogens with zero attached hydrogens (tertiary/aromatic N) is 4. The SMILES string of the molecule is COC(=O)N1CCC(Sc2nc3cc(Cl)c(N4CCN(CCO)CC4)cc3[nH]2)CC1.Cl.Cl. The molecule has 1 aromatic carbocycles. The molecule has 2 fully saturated rings. The van der Waals surface area contributed by atoms with Crippen LogP contribution in [0.1, 0.15) is 12.8 Å². The van der Waals surface area contributed by atoms with Crippen LogP contribution in [0.5, 0.6) is 0 Å². The van der Waals surface area contributed by atoms with E-state index in [0.29, 0.717) is 23.4 Å². The van der Waals surface area contributed by atoms with E-state index in [9.17, 15) is 4.79 Å². The number of β-amino-alcohol motifs (C(OH)–C–C–N with tert-alkyl or cyclic N) is 1. The number of hydrogen-bond acceptors (Lipinski definition) is 7. The van der Waals surface area contributed by atoms with Gasteiger partial charge in [0.05, 0.1) is 35.5 Å². The molecule has 2 aliphatic rings. The number of piperazine rings is 1. The van der Waals surface area contributed by atoms with Crippen molar-refractivity contribution in [2.75, 3.05) is 64.4 Å². The number of carbonyl (C=O) groups excluding carboxylic acids is 1. The first-order valence-corrected chi connectivity index (χ1v) is 11.6. The molecule has 1 amide bonds. The van der Waals surface area contributed by atoms with Crippen molar-refractivity contribution in [3.63, 3.8) is 0 Å². The fourth-order valence-electron chi connectivity index (χ4n) is 4.09. The number of rotatable bonds is 5. The zero-order valence-electron chi connectivity index (χ0n) is 18.0. The maximum Gasteiger partial charge on any atom is 0.409 e. The highest BCUT2D eigenvalue weighted by atomic mass is 35.5. The minimum Gasteiger partial charge on any atom is -0.453 e. The van der Waals surface area contributed by atoms with Crippen molar-refractivity contribution in [2.24, 2.45) is 0 Å². The number of methoxy groups -OCH3 is 1. The van der Waals surface area contributed by atoms with Gasteiger partial charge in [0, 0.05) is 51.1 Å². The van der Waals surface area contributed by atoms with Gasteiger partial charge in [-0.25, -0.2) is 9.78 Å². The van der Waals surface area contributed by atoms with Gasteiger partial charge >= 0.3 is 6.09 Å². The van der Waals surface area contributed by atoms with Gasteiger partial charge in [-0.05, 0) is 25.0 Å². The number of benzene rings is 1. The highest BCUT2D eigenvalue weighted by Crippen LogP contribution is 2.34. The fourth-order valence-corrected chi connectivity index (χ4v) is 5.45. The van der Waals surface area contributed by atoms with Gasteiger partial charge in [-0.15, -0.1) is 24.8 Å². The number of piperidine rings is 1. The highest BCUT2D eigenvalue weighted by molar-refractivity contribution is 7.99. The van der Waals surface area contributed by atoms with Crippen LogP contribution in [0, 0.1) is 0 Å². The second-order valence-corrected chi connectivity index (χ2v) is 9.39. The Bertz CT molecular complexity index is 887. The first-order chi connectivity index (χ1) is 14.6. The van der Waals surface area contributed by atoms with E-state index < -0.39 is 0 Å². The number of likely N-dealkylation sites (tertiary alicyclic amines) is 1. The van der Waals surface area contributed by atoms with Crippen LogP contribution in [0.15, 0.2) is 17.3 Å². The smallest absolute Gasteiger partial charge is 0.409 e. The Morgan fingerprint density at radius 1 is 1.22 bits per heavy atom. The molecule has 0 atom stereocenters. The number of halogens is 3. The van der Waals surface area contributed by atoms with Crippen molar-refractivity contribution in [1.29, 1.82) is 0 Å². The Morgan fingerprint density at radius 3 is 2.53 bits per heavy atom. The Balaban J connectivity index is 0.00000181. The summed E-state index contributed by atoms with van der Waals surface area (Å²) in [5.41, 5.74) is 2.89. The monoisotopic (exact) mass is 525 g/mol. The van der Waals surface area contributed by atoms with Gasteiger partial charge in [-0.2, -0.15) is 0 Å². The zero-order chi connectivity index (χ0) is 21.1. The number of aromatic nitrogens is 2. The molecule has 0 spiro atoms. The van der Waals surface area contributed by atoms with E-state index in [-0.39, 0.29) is 37.5 Å². The molecule has 0 saturated carbocycles. The summed E-state index contributed by atoms with van der Waals surface area (Å²) in [5.74, 6) is 0. The molecule has 12 heteroatoms. The lowest BCUT2D eigenvalue weighted by atomic mass is 10.1. The van der Waals surface area contributed by atoms with Gasteiger partial charge in [-0.1, -0.05) is 23.4 Å². The largest absolute Gasteiger partial charge is 0.453 e. The molecule has 0 unspecified atom stereocenters. The molecule has 180 valence electrons. The second-order valence-electron chi connectivity index (χ2n) is 7.69. The second kappa shape index (κ2) is 12.4. The molecule has 2 aliphatic heterocycles. The van der Waals surface area contributed by atoms with Crippen LogP contribution in [-0.2, 0) is 4.74 Å². The molecule has 8 nitrogen and oxygen atoms in total. The third kappa shape index (κ3) is 6.27.